The molecule has 1 atom stereocenters. The van der Waals surface area contributed by atoms with E-state index in [0.717, 1.165) is 31.4 Å². The molecule has 0 radical (unpaired) electrons. The Morgan fingerprint density at radius 3 is 2.80 bits per heavy atom. The molecule has 2 fully saturated rings. The third-order valence-electron chi connectivity index (χ3n) is 5.23. The summed E-state index contributed by atoms with van der Waals surface area (Å²) in [7, 11) is 0. The van der Waals surface area contributed by atoms with E-state index in [2.05, 4.69) is 32.4 Å². The predicted octanol–water partition coefficient (Wildman–Crippen LogP) is 3.49. The minimum Gasteiger partial charge on any atom is -0.356 e. The minimum atomic E-state index is 0.474. The molecule has 0 amide bonds. The van der Waals surface area contributed by atoms with Gasteiger partial charge in [-0.05, 0) is 63.3 Å². The number of hydrogen-bond acceptors (Lipinski definition) is 6. The van der Waals surface area contributed by atoms with Gasteiger partial charge in [-0.3, -0.25) is 0 Å². The van der Waals surface area contributed by atoms with Gasteiger partial charge in [0, 0.05) is 31.9 Å². The molecule has 0 bridgehead atoms. The zero-order valence-corrected chi connectivity index (χ0v) is 16.4. The normalized spacial score (nSPS) is 22.6. The average molecular weight is 364 g/mol. The predicted molar refractivity (Wildman–Crippen MR) is 109 cm³/mol. The SMILES string of the molecule is CSCCCN1CCCC(Nc2nccc(N3CCCCCC3)n2)C1. The van der Waals surface area contributed by atoms with E-state index >= 15 is 0 Å². The van der Waals surface area contributed by atoms with Gasteiger partial charge in [0.1, 0.15) is 5.82 Å². The molecule has 2 aliphatic rings. The van der Waals surface area contributed by atoms with E-state index < -0.39 is 0 Å². The monoisotopic (exact) mass is 363 g/mol. The summed E-state index contributed by atoms with van der Waals surface area (Å²) < 4.78 is 0. The quantitative estimate of drug-likeness (QED) is 0.748. The van der Waals surface area contributed by atoms with Gasteiger partial charge in [0.05, 0.1) is 0 Å². The Labute approximate surface area is 157 Å². The molecule has 2 aliphatic heterocycles. The van der Waals surface area contributed by atoms with E-state index in [4.69, 9.17) is 4.98 Å². The van der Waals surface area contributed by atoms with E-state index in [1.807, 2.05) is 18.0 Å². The number of nitrogens with one attached hydrogen (secondary N) is 1. The Morgan fingerprint density at radius 1 is 1.16 bits per heavy atom. The van der Waals surface area contributed by atoms with Crippen LogP contribution in [0.5, 0.6) is 0 Å². The molecule has 0 aromatic carbocycles. The summed E-state index contributed by atoms with van der Waals surface area (Å²) in [6.07, 6.45) is 13.1. The lowest BCUT2D eigenvalue weighted by atomic mass is 10.1. The highest BCUT2D eigenvalue weighted by molar-refractivity contribution is 7.98. The van der Waals surface area contributed by atoms with Gasteiger partial charge in [-0.25, -0.2) is 4.98 Å². The molecule has 1 aromatic heterocycles. The number of rotatable bonds is 7. The molecule has 3 rings (SSSR count). The summed E-state index contributed by atoms with van der Waals surface area (Å²) in [4.78, 5) is 14.3. The second-order valence-corrected chi connectivity index (χ2v) is 8.26. The van der Waals surface area contributed by atoms with Crippen molar-refractivity contribution >= 4 is 23.5 Å². The number of anilines is 2. The van der Waals surface area contributed by atoms with Crippen molar-refractivity contribution in [2.24, 2.45) is 0 Å². The molecule has 1 aromatic rings. The number of likely N-dealkylation sites (tertiary alicyclic amines) is 1. The molecule has 0 aliphatic carbocycles. The lowest BCUT2D eigenvalue weighted by Crippen LogP contribution is -2.42. The minimum absolute atomic E-state index is 0.474. The molecular weight excluding hydrogens is 330 g/mol. The number of nitrogens with zero attached hydrogens (tertiary/aromatic N) is 4. The smallest absolute Gasteiger partial charge is 0.224 e. The van der Waals surface area contributed by atoms with Crippen LogP contribution < -0.4 is 10.2 Å². The van der Waals surface area contributed by atoms with Crippen LogP contribution in [-0.4, -0.2) is 65.6 Å². The lowest BCUT2D eigenvalue weighted by molar-refractivity contribution is 0.217. The Kier molecular flexibility index (Phi) is 7.67. The van der Waals surface area contributed by atoms with E-state index in [0.29, 0.717) is 6.04 Å². The van der Waals surface area contributed by atoms with Gasteiger partial charge in [-0.1, -0.05) is 12.8 Å². The maximum atomic E-state index is 4.81. The van der Waals surface area contributed by atoms with Crippen LogP contribution in [0.2, 0.25) is 0 Å². The van der Waals surface area contributed by atoms with Crippen LogP contribution >= 0.6 is 11.8 Å². The van der Waals surface area contributed by atoms with Gasteiger partial charge < -0.3 is 15.1 Å². The van der Waals surface area contributed by atoms with Crippen molar-refractivity contribution in [3.05, 3.63) is 12.3 Å². The second-order valence-electron chi connectivity index (χ2n) is 7.27. The fourth-order valence-electron chi connectivity index (χ4n) is 3.89. The van der Waals surface area contributed by atoms with Crippen LogP contribution in [-0.2, 0) is 0 Å². The molecule has 5 nitrogen and oxygen atoms in total. The van der Waals surface area contributed by atoms with Gasteiger partial charge in [-0.15, -0.1) is 0 Å². The second kappa shape index (κ2) is 10.2. The van der Waals surface area contributed by atoms with Crippen LogP contribution in [0.15, 0.2) is 12.3 Å². The van der Waals surface area contributed by atoms with Crippen molar-refractivity contribution in [3.63, 3.8) is 0 Å². The number of piperidine rings is 1. The molecular formula is C19H33N5S. The van der Waals surface area contributed by atoms with E-state index in [-0.39, 0.29) is 0 Å². The highest BCUT2D eigenvalue weighted by atomic mass is 32.2. The largest absolute Gasteiger partial charge is 0.356 e. The van der Waals surface area contributed by atoms with Crippen LogP contribution in [0.3, 0.4) is 0 Å². The first-order valence-electron chi connectivity index (χ1n) is 9.91. The van der Waals surface area contributed by atoms with Crippen molar-refractivity contribution in [1.82, 2.24) is 14.9 Å². The molecule has 1 N–H and O–H groups in total. The summed E-state index contributed by atoms with van der Waals surface area (Å²) >= 11 is 1.94. The Hall–Kier alpha value is -1.01. The highest BCUT2D eigenvalue weighted by Crippen LogP contribution is 2.19. The first kappa shape index (κ1) is 18.8. The molecule has 1 unspecified atom stereocenters. The van der Waals surface area contributed by atoms with E-state index in [1.54, 1.807) is 0 Å². The summed E-state index contributed by atoms with van der Waals surface area (Å²) in [6, 6.07) is 2.54. The van der Waals surface area contributed by atoms with Crippen molar-refractivity contribution in [2.75, 3.05) is 54.9 Å². The van der Waals surface area contributed by atoms with Crippen LogP contribution in [0, 0.1) is 0 Å². The molecule has 140 valence electrons. The lowest BCUT2D eigenvalue weighted by Gasteiger charge is -2.33. The fourth-order valence-corrected chi connectivity index (χ4v) is 4.30. The van der Waals surface area contributed by atoms with Gasteiger partial charge in [0.25, 0.3) is 0 Å². The maximum Gasteiger partial charge on any atom is 0.224 e. The highest BCUT2D eigenvalue weighted by Gasteiger charge is 2.20. The fraction of sp³-hybridized carbons (Fsp3) is 0.789. The van der Waals surface area contributed by atoms with Gasteiger partial charge in [0.2, 0.25) is 5.95 Å². The van der Waals surface area contributed by atoms with Crippen LogP contribution in [0.25, 0.3) is 0 Å². The summed E-state index contributed by atoms with van der Waals surface area (Å²) in [6.45, 7) is 5.83. The Balaban J connectivity index is 1.54. The summed E-state index contributed by atoms with van der Waals surface area (Å²) in [5.41, 5.74) is 0. The average Bonchev–Trinajstić information content (AvgIpc) is 2.92. The van der Waals surface area contributed by atoms with E-state index in [9.17, 15) is 0 Å². The number of aromatic nitrogens is 2. The Bertz CT molecular complexity index is 504. The topological polar surface area (TPSA) is 44.3 Å². The van der Waals surface area contributed by atoms with E-state index in [1.165, 1.54) is 63.8 Å². The molecule has 0 saturated carbocycles. The van der Waals surface area contributed by atoms with Crippen molar-refractivity contribution in [2.45, 2.75) is 51.0 Å². The molecule has 3 heterocycles. The molecule has 25 heavy (non-hydrogen) atoms. The summed E-state index contributed by atoms with van der Waals surface area (Å²) in [5.74, 6) is 3.15. The number of hydrogen-bond donors (Lipinski definition) is 1. The zero-order chi connectivity index (χ0) is 17.3. The molecule has 2 saturated heterocycles. The third-order valence-corrected chi connectivity index (χ3v) is 5.93. The van der Waals surface area contributed by atoms with Crippen LogP contribution in [0.1, 0.15) is 44.9 Å². The van der Waals surface area contributed by atoms with Gasteiger partial charge in [-0.2, -0.15) is 16.7 Å². The van der Waals surface area contributed by atoms with Gasteiger partial charge in [0.15, 0.2) is 0 Å². The summed E-state index contributed by atoms with van der Waals surface area (Å²) in [5, 5.41) is 3.60. The first-order valence-corrected chi connectivity index (χ1v) is 11.3. The van der Waals surface area contributed by atoms with Crippen molar-refractivity contribution in [3.8, 4) is 0 Å². The Morgan fingerprint density at radius 2 is 2.00 bits per heavy atom. The van der Waals surface area contributed by atoms with Crippen molar-refractivity contribution < 1.29 is 0 Å². The molecule has 6 heteroatoms. The first-order chi connectivity index (χ1) is 12.3. The number of thioether (sulfide) groups is 1. The molecule has 0 spiro atoms. The standard InChI is InChI=1S/C19H33N5S/c1-25-15-7-12-23-11-6-8-17(16-23)21-19-20-10-9-18(22-19)24-13-4-2-3-5-14-24/h9-10,17H,2-8,11-16H2,1H3,(H,20,21,22). The zero-order valence-electron chi connectivity index (χ0n) is 15.6. The van der Waals surface area contributed by atoms with Gasteiger partial charge >= 0.3 is 0 Å². The van der Waals surface area contributed by atoms with Crippen LogP contribution in [0.4, 0.5) is 11.8 Å². The maximum absolute atomic E-state index is 4.81. The van der Waals surface area contributed by atoms with Crippen molar-refractivity contribution in [1.29, 1.82) is 0 Å². The third kappa shape index (κ3) is 6.03.